The van der Waals surface area contributed by atoms with Crippen LogP contribution in [0.4, 0.5) is 17.1 Å². The van der Waals surface area contributed by atoms with Gasteiger partial charge >= 0.3 is 0 Å². The first-order chi connectivity index (χ1) is 17.0. The number of nitrogens with zero attached hydrogens (tertiary/aromatic N) is 2. The van der Waals surface area contributed by atoms with E-state index in [0.717, 1.165) is 31.3 Å². The Labute approximate surface area is 222 Å². The van der Waals surface area contributed by atoms with E-state index in [1.54, 1.807) is 24.1 Å². The second-order valence-corrected chi connectivity index (χ2v) is 10.3. The van der Waals surface area contributed by atoms with Crippen LogP contribution in [-0.4, -0.2) is 34.8 Å². The van der Waals surface area contributed by atoms with Gasteiger partial charge in [-0.05, 0) is 81.4 Å². The van der Waals surface area contributed by atoms with E-state index in [0.29, 0.717) is 22.6 Å². The zero-order valence-corrected chi connectivity index (χ0v) is 23.2. The molecule has 7 heteroatoms. The largest absolute Gasteiger partial charge is 0.507 e. The smallest absolute Gasteiger partial charge is 0.260 e. The highest BCUT2D eigenvalue weighted by Crippen LogP contribution is 2.52. The first-order valence-corrected chi connectivity index (χ1v) is 12.9. The highest BCUT2D eigenvalue weighted by molar-refractivity contribution is 9.10. The molecule has 1 amide bonds. The summed E-state index contributed by atoms with van der Waals surface area (Å²) >= 11 is 3.22. The van der Waals surface area contributed by atoms with Gasteiger partial charge in [-0.2, -0.15) is 0 Å². The molecule has 6 nitrogen and oxygen atoms in total. The number of carbonyl (C=O) groups is 1. The summed E-state index contributed by atoms with van der Waals surface area (Å²) in [5.41, 5.74) is 5.12. The number of carbonyl (C=O) groups excluding carboxylic acids is 1. The summed E-state index contributed by atoms with van der Waals surface area (Å²) < 4.78 is 0.123. The Morgan fingerprint density at radius 3 is 2.22 bits per heavy atom. The number of rotatable bonds is 8. The Morgan fingerprint density at radius 1 is 0.917 bits per heavy atom. The number of aromatic hydroxyl groups is 3. The second kappa shape index (κ2) is 11.7. The van der Waals surface area contributed by atoms with Gasteiger partial charge in [-0.15, -0.1) is 0 Å². The van der Waals surface area contributed by atoms with Crippen LogP contribution < -0.4 is 9.80 Å². The Balaban J connectivity index is 1.89. The molecule has 0 fully saturated rings. The molecule has 0 aromatic heterocycles. The number of phenols is 3. The quantitative estimate of drug-likeness (QED) is 0.291. The molecule has 3 N–H and O–H groups in total. The van der Waals surface area contributed by atoms with Gasteiger partial charge in [0.2, 0.25) is 0 Å². The summed E-state index contributed by atoms with van der Waals surface area (Å²) in [6.45, 7) is 8.68. The average Bonchev–Trinajstić information content (AvgIpc) is 2.89. The van der Waals surface area contributed by atoms with Crippen LogP contribution in [-0.2, 0) is 0 Å². The SMILES string of the molecule is CC(C)=CCC/C(C)=C/CC/C(C)=C/CN1C(=O)c2cccc(O)c2N(C)c2c1cc(O)c(Br)c2O. The van der Waals surface area contributed by atoms with Gasteiger partial charge in [0.25, 0.3) is 5.91 Å². The predicted molar refractivity (Wildman–Crippen MR) is 151 cm³/mol. The van der Waals surface area contributed by atoms with Crippen LogP contribution in [0.15, 0.2) is 63.7 Å². The van der Waals surface area contributed by atoms with Crippen molar-refractivity contribution < 1.29 is 20.1 Å². The van der Waals surface area contributed by atoms with E-state index >= 15 is 0 Å². The lowest BCUT2D eigenvalue weighted by atomic mass is 10.1. The zero-order chi connectivity index (χ0) is 26.6. The van der Waals surface area contributed by atoms with Gasteiger partial charge in [0.1, 0.15) is 21.7 Å². The van der Waals surface area contributed by atoms with Crippen molar-refractivity contribution in [2.75, 3.05) is 23.4 Å². The number of amides is 1. The number of fused-ring (bicyclic) bond motifs is 2. The molecule has 0 atom stereocenters. The maximum absolute atomic E-state index is 13.6. The number of benzene rings is 2. The van der Waals surface area contributed by atoms with Crippen LogP contribution >= 0.6 is 15.9 Å². The van der Waals surface area contributed by atoms with Gasteiger partial charge in [0.15, 0.2) is 5.75 Å². The number of anilines is 3. The number of para-hydroxylation sites is 1. The molecule has 0 saturated heterocycles. The lowest BCUT2D eigenvalue weighted by Gasteiger charge is -2.26. The molecule has 1 aliphatic heterocycles. The molecule has 1 heterocycles. The minimum atomic E-state index is -0.327. The fraction of sp³-hybridized carbons (Fsp3) is 0.345. The van der Waals surface area contributed by atoms with Crippen molar-refractivity contribution in [2.45, 2.75) is 53.4 Å². The van der Waals surface area contributed by atoms with Gasteiger partial charge in [0.05, 0.1) is 16.9 Å². The second-order valence-electron chi connectivity index (χ2n) is 9.53. The van der Waals surface area contributed by atoms with E-state index in [2.05, 4.69) is 48.9 Å². The van der Waals surface area contributed by atoms with E-state index in [1.807, 2.05) is 13.0 Å². The van der Waals surface area contributed by atoms with Crippen LogP contribution in [0.25, 0.3) is 0 Å². The normalized spacial score (nSPS) is 13.9. The first kappa shape index (κ1) is 27.4. The Morgan fingerprint density at radius 2 is 1.56 bits per heavy atom. The predicted octanol–water partition coefficient (Wildman–Crippen LogP) is 7.71. The van der Waals surface area contributed by atoms with Gasteiger partial charge in [-0.25, -0.2) is 0 Å². The lowest BCUT2D eigenvalue weighted by Crippen LogP contribution is -2.30. The fourth-order valence-corrected chi connectivity index (χ4v) is 4.64. The topological polar surface area (TPSA) is 84.2 Å². The zero-order valence-electron chi connectivity index (χ0n) is 21.6. The Hall–Kier alpha value is -3.19. The minimum Gasteiger partial charge on any atom is -0.507 e. The highest BCUT2D eigenvalue weighted by Gasteiger charge is 2.34. The van der Waals surface area contributed by atoms with Crippen molar-refractivity contribution >= 4 is 38.9 Å². The number of hydrogen-bond donors (Lipinski definition) is 3. The molecule has 192 valence electrons. The summed E-state index contributed by atoms with van der Waals surface area (Å²) in [5.74, 6) is -0.789. The molecule has 0 aliphatic carbocycles. The standard InChI is InChI=1S/C29H35BrN2O4/c1-18(2)9-6-10-19(3)11-7-12-20(4)15-16-32-22-17-24(34)25(30)28(35)27(22)31(5)26-21(29(32)36)13-8-14-23(26)33/h8-9,11,13-15,17,33-35H,6-7,10,12,16H2,1-5H3/b19-11+,20-15+. The molecule has 0 saturated carbocycles. The van der Waals surface area contributed by atoms with Crippen molar-refractivity contribution in [1.82, 2.24) is 0 Å². The average molecular weight is 556 g/mol. The molecular weight excluding hydrogens is 520 g/mol. The monoisotopic (exact) mass is 554 g/mol. The van der Waals surface area contributed by atoms with Gasteiger partial charge in [0, 0.05) is 19.7 Å². The van der Waals surface area contributed by atoms with Crippen LogP contribution in [0.2, 0.25) is 0 Å². The van der Waals surface area contributed by atoms with Crippen molar-refractivity contribution in [1.29, 1.82) is 0 Å². The Bertz CT molecular complexity index is 1240. The van der Waals surface area contributed by atoms with E-state index < -0.39 is 0 Å². The summed E-state index contributed by atoms with van der Waals surface area (Å²) in [5, 5.41) is 31.9. The van der Waals surface area contributed by atoms with Crippen LogP contribution in [0.5, 0.6) is 17.2 Å². The molecule has 0 bridgehead atoms. The Kier molecular flexibility index (Phi) is 8.90. The van der Waals surface area contributed by atoms with Crippen LogP contribution in [0, 0.1) is 0 Å². The molecule has 1 aliphatic rings. The highest BCUT2D eigenvalue weighted by atomic mass is 79.9. The number of hydrogen-bond acceptors (Lipinski definition) is 5. The maximum atomic E-state index is 13.6. The number of phenolic OH excluding ortho intramolecular Hbond substituents is 3. The number of halogens is 1. The van der Waals surface area contributed by atoms with Crippen molar-refractivity contribution in [3.05, 3.63) is 69.2 Å². The van der Waals surface area contributed by atoms with Crippen molar-refractivity contribution in [2.24, 2.45) is 0 Å². The molecule has 2 aromatic rings. The molecule has 2 aromatic carbocycles. The molecule has 3 rings (SSSR count). The number of allylic oxidation sites excluding steroid dienone is 5. The minimum absolute atomic E-state index is 0.0711. The fourth-order valence-electron chi connectivity index (χ4n) is 4.33. The molecule has 0 unspecified atom stereocenters. The summed E-state index contributed by atoms with van der Waals surface area (Å²) in [6.07, 6.45) is 10.4. The van der Waals surface area contributed by atoms with Gasteiger partial charge < -0.3 is 25.1 Å². The molecular formula is C29H35BrN2O4. The van der Waals surface area contributed by atoms with Crippen LogP contribution in [0.3, 0.4) is 0 Å². The summed E-state index contributed by atoms with van der Waals surface area (Å²) in [7, 11) is 1.67. The van der Waals surface area contributed by atoms with Crippen LogP contribution in [0.1, 0.15) is 63.7 Å². The van der Waals surface area contributed by atoms with Gasteiger partial charge in [-0.3, -0.25) is 4.79 Å². The van der Waals surface area contributed by atoms with E-state index in [9.17, 15) is 20.1 Å². The van der Waals surface area contributed by atoms with Crippen molar-refractivity contribution in [3.8, 4) is 17.2 Å². The van der Waals surface area contributed by atoms with Gasteiger partial charge in [-0.1, -0.05) is 41.0 Å². The summed E-state index contributed by atoms with van der Waals surface area (Å²) in [6, 6.07) is 6.23. The molecule has 0 spiro atoms. The maximum Gasteiger partial charge on any atom is 0.260 e. The third-order valence-electron chi connectivity index (χ3n) is 6.37. The van der Waals surface area contributed by atoms with E-state index in [-0.39, 0.29) is 34.2 Å². The summed E-state index contributed by atoms with van der Waals surface area (Å²) in [4.78, 5) is 16.7. The first-order valence-electron chi connectivity index (χ1n) is 12.1. The van der Waals surface area contributed by atoms with E-state index in [4.69, 9.17) is 0 Å². The third-order valence-corrected chi connectivity index (χ3v) is 7.15. The third kappa shape index (κ3) is 5.95. The molecule has 0 radical (unpaired) electrons. The van der Waals surface area contributed by atoms with E-state index in [1.165, 1.54) is 28.2 Å². The van der Waals surface area contributed by atoms with Crippen molar-refractivity contribution in [3.63, 3.8) is 0 Å². The lowest BCUT2D eigenvalue weighted by molar-refractivity contribution is 0.0990. The molecule has 36 heavy (non-hydrogen) atoms.